The molecule has 0 fully saturated rings. The maximum atomic E-state index is 6.11. The Bertz CT molecular complexity index is 502. The van der Waals surface area contributed by atoms with Gasteiger partial charge in [-0.15, -0.1) is 11.3 Å². The number of hydrogen-bond donors (Lipinski definition) is 1. The number of rotatable bonds is 5. The molecule has 1 aromatic carbocycles. The van der Waals surface area contributed by atoms with Crippen molar-refractivity contribution < 1.29 is 4.74 Å². The molecule has 0 bridgehead atoms. The fraction of sp³-hybridized carbons (Fsp3) is 0.308. The second-order valence-electron chi connectivity index (χ2n) is 3.98. The number of hydrogen-bond acceptors (Lipinski definition) is 4. The molecule has 1 heterocycles. The van der Waals surface area contributed by atoms with Crippen molar-refractivity contribution in [1.82, 2.24) is 4.98 Å². The molecule has 3 nitrogen and oxygen atoms in total. The number of ether oxygens (including phenoxy) is 1. The molecule has 18 heavy (non-hydrogen) atoms. The molecular weight excluding hydrogens is 268 g/mol. The lowest BCUT2D eigenvalue weighted by atomic mass is 10.00. The summed E-state index contributed by atoms with van der Waals surface area (Å²) in [5, 5.41) is 3.67. The normalized spacial score (nSPS) is 12.4. The van der Waals surface area contributed by atoms with Crippen molar-refractivity contribution in [3.63, 3.8) is 0 Å². The van der Waals surface area contributed by atoms with E-state index in [9.17, 15) is 0 Å². The van der Waals surface area contributed by atoms with E-state index < -0.39 is 0 Å². The Kier molecular flexibility index (Phi) is 4.58. The van der Waals surface area contributed by atoms with Gasteiger partial charge in [0, 0.05) is 24.0 Å². The zero-order valence-corrected chi connectivity index (χ0v) is 11.7. The molecule has 1 unspecified atom stereocenters. The van der Waals surface area contributed by atoms with Crippen LogP contribution in [0.25, 0.3) is 0 Å². The summed E-state index contributed by atoms with van der Waals surface area (Å²) in [6.45, 7) is 0.581. The van der Waals surface area contributed by atoms with Gasteiger partial charge in [0.25, 0.3) is 0 Å². The molecule has 5 heteroatoms. The van der Waals surface area contributed by atoms with Crippen LogP contribution in [0.5, 0.6) is 5.75 Å². The molecule has 0 aliphatic rings. The molecule has 2 aromatic rings. The van der Waals surface area contributed by atoms with E-state index in [1.807, 2.05) is 29.8 Å². The van der Waals surface area contributed by atoms with Crippen molar-refractivity contribution in [3.05, 3.63) is 45.4 Å². The first-order chi connectivity index (χ1) is 8.74. The van der Waals surface area contributed by atoms with Gasteiger partial charge in [0.2, 0.25) is 0 Å². The van der Waals surface area contributed by atoms with Crippen molar-refractivity contribution in [3.8, 4) is 5.75 Å². The smallest absolute Gasteiger partial charge is 0.137 e. The molecule has 0 spiro atoms. The topological polar surface area (TPSA) is 48.1 Å². The molecule has 0 radical (unpaired) electrons. The number of methoxy groups -OCH3 is 1. The quantitative estimate of drug-likeness (QED) is 0.917. The highest BCUT2D eigenvalue weighted by Gasteiger charge is 2.14. The number of benzene rings is 1. The third-order valence-corrected chi connectivity index (χ3v) is 4.02. The van der Waals surface area contributed by atoms with Crippen molar-refractivity contribution in [2.24, 2.45) is 5.73 Å². The van der Waals surface area contributed by atoms with Crippen LogP contribution in [-0.4, -0.2) is 18.6 Å². The summed E-state index contributed by atoms with van der Waals surface area (Å²) >= 11 is 7.75. The molecule has 0 saturated carbocycles. The Morgan fingerprint density at radius 3 is 2.89 bits per heavy atom. The van der Waals surface area contributed by atoms with Gasteiger partial charge in [0.15, 0.2) is 0 Å². The molecule has 0 aliphatic heterocycles. The summed E-state index contributed by atoms with van der Waals surface area (Å²) in [4.78, 5) is 4.32. The Morgan fingerprint density at radius 1 is 1.50 bits per heavy atom. The summed E-state index contributed by atoms with van der Waals surface area (Å²) < 4.78 is 5.14. The highest BCUT2D eigenvalue weighted by molar-refractivity contribution is 7.09. The second-order valence-corrected chi connectivity index (χ2v) is 5.31. The first-order valence-corrected chi connectivity index (χ1v) is 6.92. The van der Waals surface area contributed by atoms with Gasteiger partial charge in [-0.05, 0) is 24.1 Å². The van der Waals surface area contributed by atoms with Crippen LogP contribution < -0.4 is 10.5 Å². The highest BCUT2D eigenvalue weighted by atomic mass is 35.5. The Balaban J connectivity index is 2.15. The Morgan fingerprint density at radius 2 is 2.33 bits per heavy atom. The average Bonchev–Trinajstić information content (AvgIpc) is 2.90. The SMILES string of the molecule is COc1ccc(CC(CN)c2nccs2)cc1Cl. The summed E-state index contributed by atoms with van der Waals surface area (Å²) in [6, 6.07) is 5.82. The van der Waals surface area contributed by atoms with Crippen LogP contribution >= 0.6 is 22.9 Å². The second kappa shape index (κ2) is 6.18. The Hall–Kier alpha value is -1.10. The maximum absolute atomic E-state index is 6.11. The number of thiazole rings is 1. The molecule has 1 atom stereocenters. The number of nitrogens with zero attached hydrogens (tertiary/aromatic N) is 1. The predicted molar refractivity (Wildman–Crippen MR) is 75.6 cm³/mol. The molecule has 2 N–H and O–H groups in total. The van der Waals surface area contributed by atoms with Gasteiger partial charge in [-0.3, -0.25) is 0 Å². The zero-order chi connectivity index (χ0) is 13.0. The van der Waals surface area contributed by atoms with Gasteiger partial charge >= 0.3 is 0 Å². The summed E-state index contributed by atoms with van der Waals surface area (Å²) in [7, 11) is 1.61. The maximum Gasteiger partial charge on any atom is 0.137 e. The highest BCUT2D eigenvalue weighted by Crippen LogP contribution is 2.28. The number of aromatic nitrogens is 1. The lowest BCUT2D eigenvalue weighted by molar-refractivity contribution is 0.415. The van der Waals surface area contributed by atoms with E-state index in [0.29, 0.717) is 17.3 Å². The van der Waals surface area contributed by atoms with Crippen LogP contribution in [0.3, 0.4) is 0 Å². The Labute approximate surface area is 116 Å². The van der Waals surface area contributed by atoms with Gasteiger partial charge in [0.1, 0.15) is 5.75 Å². The summed E-state index contributed by atoms with van der Waals surface area (Å²) in [6.07, 6.45) is 2.65. The molecule has 0 aliphatic carbocycles. The standard InChI is InChI=1S/C13H15ClN2OS/c1-17-12-3-2-9(7-11(12)14)6-10(8-15)13-16-4-5-18-13/h2-5,7,10H,6,8,15H2,1H3. The lowest BCUT2D eigenvalue weighted by Crippen LogP contribution is -2.14. The van der Waals surface area contributed by atoms with E-state index >= 15 is 0 Å². The minimum Gasteiger partial charge on any atom is -0.495 e. The third kappa shape index (κ3) is 3.02. The minimum absolute atomic E-state index is 0.245. The van der Waals surface area contributed by atoms with Crippen molar-refractivity contribution in [1.29, 1.82) is 0 Å². The minimum atomic E-state index is 0.245. The monoisotopic (exact) mass is 282 g/mol. The number of nitrogens with two attached hydrogens (primary N) is 1. The van der Waals surface area contributed by atoms with Crippen LogP contribution in [-0.2, 0) is 6.42 Å². The van der Waals surface area contributed by atoms with Crippen LogP contribution in [0.2, 0.25) is 5.02 Å². The number of halogens is 1. The van der Waals surface area contributed by atoms with Crippen molar-refractivity contribution in [2.75, 3.05) is 13.7 Å². The van der Waals surface area contributed by atoms with Gasteiger partial charge < -0.3 is 10.5 Å². The van der Waals surface area contributed by atoms with Crippen LogP contribution in [0.1, 0.15) is 16.5 Å². The molecule has 0 amide bonds. The van der Waals surface area contributed by atoms with Gasteiger partial charge in [-0.2, -0.15) is 0 Å². The molecule has 1 aromatic heterocycles. The average molecular weight is 283 g/mol. The summed E-state index contributed by atoms with van der Waals surface area (Å²) in [5.74, 6) is 0.938. The van der Waals surface area contributed by atoms with E-state index in [4.69, 9.17) is 22.1 Å². The predicted octanol–water partition coefficient (Wildman–Crippen LogP) is 3.09. The van der Waals surface area contributed by atoms with Gasteiger partial charge in [-0.1, -0.05) is 17.7 Å². The lowest BCUT2D eigenvalue weighted by Gasteiger charge is -2.13. The molecular formula is C13H15ClN2OS. The van der Waals surface area contributed by atoms with Crippen LogP contribution in [0, 0.1) is 0 Å². The van der Waals surface area contributed by atoms with E-state index in [0.717, 1.165) is 17.0 Å². The third-order valence-electron chi connectivity index (χ3n) is 2.78. The van der Waals surface area contributed by atoms with Crippen LogP contribution in [0.15, 0.2) is 29.8 Å². The van der Waals surface area contributed by atoms with E-state index in [2.05, 4.69) is 4.98 Å². The molecule has 2 rings (SSSR count). The summed E-state index contributed by atoms with van der Waals surface area (Å²) in [5.41, 5.74) is 6.96. The van der Waals surface area contributed by atoms with E-state index in [1.54, 1.807) is 18.4 Å². The van der Waals surface area contributed by atoms with Crippen molar-refractivity contribution >= 4 is 22.9 Å². The van der Waals surface area contributed by atoms with Crippen LogP contribution in [0.4, 0.5) is 0 Å². The first-order valence-electron chi connectivity index (χ1n) is 5.66. The first kappa shape index (κ1) is 13.3. The van der Waals surface area contributed by atoms with Gasteiger partial charge in [0.05, 0.1) is 17.1 Å². The van der Waals surface area contributed by atoms with Gasteiger partial charge in [-0.25, -0.2) is 4.98 Å². The van der Waals surface area contributed by atoms with Crippen molar-refractivity contribution in [2.45, 2.75) is 12.3 Å². The molecule has 96 valence electrons. The fourth-order valence-corrected chi connectivity index (χ4v) is 2.86. The zero-order valence-electron chi connectivity index (χ0n) is 10.1. The largest absolute Gasteiger partial charge is 0.495 e. The molecule has 0 saturated heterocycles. The van der Waals surface area contributed by atoms with E-state index in [1.165, 1.54) is 0 Å². The fourth-order valence-electron chi connectivity index (χ4n) is 1.83. The van der Waals surface area contributed by atoms with E-state index in [-0.39, 0.29) is 5.92 Å².